The third kappa shape index (κ3) is 3.77. The SMILES string of the molecule is CC(=O)NC1C(=O)N2C(C(=O)OCC(Cl)(Cl)Cl)=C(C)/C(=C/O)SC12. The molecule has 0 saturated carbocycles. The Balaban J connectivity index is 2.29. The molecule has 1 saturated heterocycles. The van der Waals surface area contributed by atoms with Crippen molar-refractivity contribution in [3.8, 4) is 0 Å². The number of fused-ring (bicyclic) bond motifs is 1. The first-order valence-electron chi connectivity index (χ1n) is 6.63. The van der Waals surface area contributed by atoms with Crippen molar-refractivity contribution in [2.75, 3.05) is 6.61 Å². The van der Waals surface area contributed by atoms with Gasteiger partial charge in [0.15, 0.2) is 0 Å². The molecule has 132 valence electrons. The fourth-order valence-corrected chi connectivity index (χ4v) is 3.68. The number of allylic oxidation sites excluding steroid dienone is 1. The number of amides is 2. The molecule has 2 rings (SSSR count). The summed E-state index contributed by atoms with van der Waals surface area (Å²) in [6.45, 7) is 2.33. The van der Waals surface area contributed by atoms with Crippen molar-refractivity contribution in [2.45, 2.75) is 29.1 Å². The Morgan fingerprint density at radius 2 is 2.08 bits per heavy atom. The van der Waals surface area contributed by atoms with Gasteiger partial charge in [0.2, 0.25) is 9.70 Å². The standard InChI is InChI=1S/C13H13Cl3N2O5S/c1-5-7(3-19)24-11-8(17-6(2)20)10(21)18(11)9(5)12(22)23-4-13(14,15)16/h3,8,11,19H,4H2,1-2H3,(H,17,20)/b7-3-. The summed E-state index contributed by atoms with van der Waals surface area (Å²) in [6.07, 6.45) is 0.827. The van der Waals surface area contributed by atoms with E-state index in [1.54, 1.807) is 6.92 Å². The van der Waals surface area contributed by atoms with E-state index in [9.17, 15) is 19.5 Å². The maximum Gasteiger partial charge on any atom is 0.355 e. The highest BCUT2D eigenvalue weighted by molar-refractivity contribution is 8.04. The van der Waals surface area contributed by atoms with E-state index >= 15 is 0 Å². The van der Waals surface area contributed by atoms with Gasteiger partial charge in [0.25, 0.3) is 5.91 Å². The van der Waals surface area contributed by atoms with Gasteiger partial charge in [-0.25, -0.2) is 4.79 Å². The van der Waals surface area contributed by atoms with Gasteiger partial charge in [-0.15, -0.1) is 0 Å². The van der Waals surface area contributed by atoms with Crippen molar-refractivity contribution < 1.29 is 24.2 Å². The van der Waals surface area contributed by atoms with Crippen LogP contribution in [0.25, 0.3) is 0 Å². The van der Waals surface area contributed by atoms with E-state index in [1.165, 1.54) is 11.8 Å². The summed E-state index contributed by atoms with van der Waals surface area (Å²) in [5.41, 5.74) is 0.294. The molecule has 7 nitrogen and oxygen atoms in total. The molecule has 0 radical (unpaired) electrons. The van der Waals surface area contributed by atoms with Gasteiger partial charge < -0.3 is 15.2 Å². The number of esters is 1. The number of rotatable bonds is 3. The number of alkyl halides is 3. The van der Waals surface area contributed by atoms with Gasteiger partial charge in [-0.1, -0.05) is 46.6 Å². The summed E-state index contributed by atoms with van der Waals surface area (Å²) < 4.78 is 3.14. The summed E-state index contributed by atoms with van der Waals surface area (Å²) in [5, 5.41) is 11.3. The maximum absolute atomic E-state index is 12.3. The monoisotopic (exact) mass is 414 g/mol. The van der Waals surface area contributed by atoms with Crippen LogP contribution in [0.2, 0.25) is 0 Å². The van der Waals surface area contributed by atoms with Crippen LogP contribution in [0, 0.1) is 0 Å². The van der Waals surface area contributed by atoms with Crippen LogP contribution in [0.1, 0.15) is 13.8 Å². The average Bonchev–Trinajstić information content (AvgIpc) is 2.49. The minimum absolute atomic E-state index is 0.0556. The Morgan fingerprint density at radius 1 is 1.46 bits per heavy atom. The first-order valence-corrected chi connectivity index (χ1v) is 8.64. The molecule has 24 heavy (non-hydrogen) atoms. The van der Waals surface area contributed by atoms with E-state index in [2.05, 4.69) is 5.32 Å². The second-order valence-electron chi connectivity index (χ2n) is 5.05. The van der Waals surface area contributed by atoms with E-state index in [1.807, 2.05) is 0 Å². The smallest absolute Gasteiger partial charge is 0.355 e. The molecule has 2 atom stereocenters. The fraction of sp³-hybridized carbons (Fsp3) is 0.462. The highest BCUT2D eigenvalue weighted by Crippen LogP contribution is 2.46. The minimum Gasteiger partial charge on any atom is -0.514 e. The van der Waals surface area contributed by atoms with Crippen molar-refractivity contribution in [1.29, 1.82) is 0 Å². The lowest BCUT2D eigenvalue weighted by Crippen LogP contribution is -2.70. The summed E-state index contributed by atoms with van der Waals surface area (Å²) in [5.74, 6) is -1.70. The predicted molar refractivity (Wildman–Crippen MR) is 90.5 cm³/mol. The molecular formula is C13H13Cl3N2O5S. The van der Waals surface area contributed by atoms with Gasteiger partial charge >= 0.3 is 5.97 Å². The number of carbonyl (C=O) groups is 3. The molecule has 0 aromatic rings. The zero-order valence-corrected chi connectivity index (χ0v) is 15.6. The van der Waals surface area contributed by atoms with Crippen LogP contribution in [0.15, 0.2) is 22.4 Å². The van der Waals surface area contributed by atoms with Crippen LogP contribution in [0.3, 0.4) is 0 Å². The van der Waals surface area contributed by atoms with Gasteiger partial charge in [0, 0.05) is 11.8 Å². The molecule has 0 aliphatic carbocycles. The van der Waals surface area contributed by atoms with E-state index < -0.39 is 33.7 Å². The van der Waals surface area contributed by atoms with Crippen LogP contribution < -0.4 is 5.32 Å². The number of nitrogens with one attached hydrogen (secondary N) is 1. The molecule has 0 spiro atoms. The number of halogens is 3. The Kier molecular flexibility index (Phi) is 5.64. The van der Waals surface area contributed by atoms with Crippen molar-refractivity contribution in [3.63, 3.8) is 0 Å². The molecule has 0 aromatic heterocycles. The zero-order chi connectivity index (χ0) is 18.2. The topological polar surface area (TPSA) is 95.9 Å². The van der Waals surface area contributed by atoms with E-state index in [0.717, 1.165) is 18.0 Å². The molecule has 2 aliphatic rings. The van der Waals surface area contributed by atoms with Crippen molar-refractivity contribution >= 4 is 64.3 Å². The minimum atomic E-state index is -1.79. The molecule has 2 heterocycles. The second kappa shape index (κ2) is 7.03. The molecule has 2 N–H and O–H groups in total. The largest absolute Gasteiger partial charge is 0.514 e. The van der Waals surface area contributed by atoms with E-state index in [-0.39, 0.29) is 11.6 Å². The lowest BCUT2D eigenvalue weighted by atomic mass is 10.0. The molecule has 11 heteroatoms. The quantitative estimate of drug-likeness (QED) is 0.317. The number of carbonyl (C=O) groups excluding carboxylic acids is 3. The van der Waals surface area contributed by atoms with E-state index in [4.69, 9.17) is 39.5 Å². The summed E-state index contributed by atoms with van der Waals surface area (Å²) in [7, 11) is 0. The normalized spacial score (nSPS) is 25.3. The zero-order valence-electron chi connectivity index (χ0n) is 12.5. The number of aliphatic hydroxyl groups excluding tert-OH is 1. The summed E-state index contributed by atoms with van der Waals surface area (Å²) >= 11 is 17.8. The molecule has 0 bridgehead atoms. The molecule has 2 aliphatic heterocycles. The van der Waals surface area contributed by atoms with Gasteiger partial charge in [-0.2, -0.15) is 0 Å². The van der Waals surface area contributed by atoms with Crippen LogP contribution in [-0.4, -0.2) is 49.6 Å². The first kappa shape index (κ1) is 19.2. The number of hydrogen-bond acceptors (Lipinski definition) is 6. The number of ether oxygens (including phenoxy) is 1. The van der Waals surface area contributed by atoms with Crippen LogP contribution in [0.4, 0.5) is 0 Å². The number of β-lactam (4-membered cyclic amide) rings is 1. The van der Waals surface area contributed by atoms with Gasteiger partial charge in [-0.05, 0) is 12.5 Å². The van der Waals surface area contributed by atoms with Gasteiger partial charge in [-0.3, -0.25) is 14.5 Å². The average molecular weight is 416 g/mol. The van der Waals surface area contributed by atoms with Gasteiger partial charge in [0.05, 0.1) is 6.26 Å². The maximum atomic E-state index is 12.3. The summed E-state index contributed by atoms with van der Waals surface area (Å²) in [4.78, 5) is 37.4. The Labute approximate surface area is 156 Å². The fourth-order valence-electron chi connectivity index (χ4n) is 2.28. The third-order valence-electron chi connectivity index (χ3n) is 3.29. The van der Waals surface area contributed by atoms with Crippen LogP contribution >= 0.6 is 46.6 Å². The molecule has 0 aromatic carbocycles. The second-order valence-corrected chi connectivity index (χ2v) is 8.73. The van der Waals surface area contributed by atoms with E-state index in [0.29, 0.717) is 10.5 Å². The van der Waals surface area contributed by atoms with Gasteiger partial charge in [0.1, 0.15) is 23.7 Å². The summed E-state index contributed by atoms with van der Waals surface area (Å²) in [6, 6.07) is -0.800. The number of hydrogen-bond donors (Lipinski definition) is 2. The highest BCUT2D eigenvalue weighted by atomic mass is 35.6. The Morgan fingerprint density at radius 3 is 2.58 bits per heavy atom. The molecule has 1 fully saturated rings. The number of nitrogens with zero attached hydrogens (tertiary/aromatic N) is 1. The Bertz CT molecular complexity index is 658. The van der Waals surface area contributed by atoms with Crippen molar-refractivity contribution in [1.82, 2.24) is 10.2 Å². The lowest BCUT2D eigenvalue weighted by Gasteiger charge is -2.49. The number of aliphatic hydroxyl groups is 1. The van der Waals surface area contributed by atoms with Crippen LogP contribution in [-0.2, 0) is 19.1 Å². The predicted octanol–water partition coefficient (Wildman–Crippen LogP) is 1.99. The van der Waals surface area contributed by atoms with Crippen molar-refractivity contribution in [2.24, 2.45) is 0 Å². The molecule has 2 unspecified atom stereocenters. The lowest BCUT2D eigenvalue weighted by molar-refractivity contribution is -0.152. The van der Waals surface area contributed by atoms with Crippen LogP contribution in [0.5, 0.6) is 0 Å². The Hall–Kier alpha value is -1.09. The first-order chi connectivity index (χ1) is 11.1. The molecule has 2 amide bonds. The highest BCUT2D eigenvalue weighted by Gasteiger charge is 2.55. The third-order valence-corrected chi connectivity index (χ3v) is 5.01. The molecular weight excluding hydrogens is 403 g/mol. The van der Waals surface area contributed by atoms with Crippen molar-refractivity contribution in [3.05, 3.63) is 22.4 Å². The number of thioether (sulfide) groups is 1.